The summed E-state index contributed by atoms with van der Waals surface area (Å²) in [5.74, 6) is 1.10. The summed E-state index contributed by atoms with van der Waals surface area (Å²) >= 11 is 0. The number of rotatable bonds is 8. The molecule has 1 aromatic carbocycles. The number of aromatic nitrogens is 7. The molecule has 0 amide bonds. The van der Waals surface area contributed by atoms with Crippen LogP contribution >= 0.6 is 0 Å². The van der Waals surface area contributed by atoms with Crippen LogP contribution in [0, 0.1) is 6.92 Å². The van der Waals surface area contributed by atoms with Gasteiger partial charge in [0.2, 0.25) is 5.82 Å². The largest absolute Gasteiger partial charge is 0.494 e. The Morgan fingerprint density at radius 3 is 2.58 bits per heavy atom. The van der Waals surface area contributed by atoms with Crippen molar-refractivity contribution in [1.29, 1.82) is 0 Å². The molecule has 1 N–H and O–H groups in total. The van der Waals surface area contributed by atoms with Gasteiger partial charge in [0.15, 0.2) is 5.75 Å². The van der Waals surface area contributed by atoms with E-state index in [0.717, 1.165) is 56.8 Å². The van der Waals surface area contributed by atoms with E-state index in [4.69, 9.17) is 24.4 Å². The Morgan fingerprint density at radius 1 is 1.08 bits per heavy atom. The highest BCUT2D eigenvalue weighted by Crippen LogP contribution is 2.41. The Bertz CT molecular complexity index is 1540. The van der Waals surface area contributed by atoms with E-state index in [1.807, 2.05) is 52.0 Å². The second-order valence-electron chi connectivity index (χ2n) is 9.78. The molecule has 0 spiro atoms. The number of ether oxygens (including phenoxy) is 2. The Kier molecular flexibility index (Phi) is 6.62. The van der Waals surface area contributed by atoms with Crippen LogP contribution in [-0.2, 0) is 30.2 Å². The average molecular weight is 514 g/mol. The molecule has 0 bridgehead atoms. The van der Waals surface area contributed by atoms with E-state index in [2.05, 4.69) is 25.7 Å². The Balaban J connectivity index is 1.50. The first-order chi connectivity index (χ1) is 18.2. The predicted molar refractivity (Wildman–Crippen MR) is 144 cm³/mol. The molecule has 0 radical (unpaired) electrons. The SMILES string of the molecule is COc1c(Nc2cc(Cc3cnc(C(C)(C)OC)c(C)n3)nc3c2N=C(C)C3)cccc1-c1nnn(C)n1. The molecule has 11 heteroatoms. The lowest BCUT2D eigenvalue weighted by atomic mass is 10.0. The van der Waals surface area contributed by atoms with Crippen molar-refractivity contribution < 1.29 is 9.47 Å². The van der Waals surface area contributed by atoms with Crippen LogP contribution in [0.3, 0.4) is 0 Å². The molecular formula is C27H31N9O2. The number of aryl methyl sites for hydroxylation is 2. The Labute approximate surface area is 221 Å². The van der Waals surface area contributed by atoms with Crippen LogP contribution in [0.1, 0.15) is 49.2 Å². The lowest BCUT2D eigenvalue weighted by molar-refractivity contribution is 0.0145. The third kappa shape index (κ3) is 4.84. The molecule has 0 unspecified atom stereocenters. The molecule has 11 nitrogen and oxygen atoms in total. The number of benzene rings is 1. The number of tetrazole rings is 1. The van der Waals surface area contributed by atoms with Gasteiger partial charge in [-0.05, 0) is 51.1 Å². The van der Waals surface area contributed by atoms with Gasteiger partial charge in [0.05, 0.1) is 53.9 Å². The zero-order valence-corrected chi connectivity index (χ0v) is 22.7. The summed E-state index contributed by atoms with van der Waals surface area (Å²) in [6.07, 6.45) is 3.03. The number of nitrogens with zero attached hydrogens (tertiary/aromatic N) is 8. The second-order valence-corrected chi connectivity index (χ2v) is 9.78. The van der Waals surface area contributed by atoms with E-state index in [1.165, 1.54) is 4.80 Å². The van der Waals surface area contributed by atoms with E-state index in [1.54, 1.807) is 27.5 Å². The van der Waals surface area contributed by atoms with Crippen LogP contribution in [-0.4, -0.2) is 55.1 Å². The van der Waals surface area contributed by atoms with Crippen LogP contribution in [0.4, 0.5) is 17.1 Å². The fraction of sp³-hybridized carbons (Fsp3) is 0.370. The van der Waals surface area contributed by atoms with Crippen molar-refractivity contribution in [2.24, 2.45) is 12.0 Å². The molecule has 4 heterocycles. The molecule has 0 saturated carbocycles. The Morgan fingerprint density at radius 2 is 1.89 bits per heavy atom. The summed E-state index contributed by atoms with van der Waals surface area (Å²) < 4.78 is 11.4. The summed E-state index contributed by atoms with van der Waals surface area (Å²) in [5.41, 5.74) is 7.96. The first-order valence-electron chi connectivity index (χ1n) is 12.3. The summed E-state index contributed by atoms with van der Waals surface area (Å²) in [6, 6.07) is 7.79. The minimum absolute atomic E-state index is 0.483. The van der Waals surface area contributed by atoms with E-state index in [9.17, 15) is 0 Å². The van der Waals surface area contributed by atoms with Gasteiger partial charge >= 0.3 is 0 Å². The summed E-state index contributed by atoms with van der Waals surface area (Å²) in [5, 5.41) is 16.0. The zero-order valence-electron chi connectivity index (χ0n) is 22.7. The van der Waals surface area contributed by atoms with Crippen LogP contribution in [0.5, 0.6) is 5.75 Å². The fourth-order valence-electron chi connectivity index (χ4n) is 4.61. The third-order valence-corrected chi connectivity index (χ3v) is 6.52. The molecule has 1 aliphatic rings. The number of methoxy groups -OCH3 is 2. The number of para-hydroxylation sites is 1. The number of hydrogen-bond donors (Lipinski definition) is 1. The third-order valence-electron chi connectivity index (χ3n) is 6.52. The first-order valence-corrected chi connectivity index (χ1v) is 12.3. The van der Waals surface area contributed by atoms with Crippen molar-refractivity contribution in [1.82, 2.24) is 35.2 Å². The predicted octanol–water partition coefficient (Wildman–Crippen LogP) is 4.24. The molecule has 5 rings (SSSR count). The maximum Gasteiger partial charge on any atom is 0.208 e. The van der Waals surface area contributed by atoms with Gasteiger partial charge in [-0.3, -0.25) is 19.9 Å². The lowest BCUT2D eigenvalue weighted by Gasteiger charge is -2.23. The normalized spacial score (nSPS) is 12.9. The minimum Gasteiger partial charge on any atom is -0.494 e. The van der Waals surface area contributed by atoms with Crippen molar-refractivity contribution in [3.05, 3.63) is 58.9 Å². The van der Waals surface area contributed by atoms with Gasteiger partial charge in [-0.25, -0.2) is 0 Å². The first kappa shape index (κ1) is 25.4. The summed E-state index contributed by atoms with van der Waals surface area (Å²) in [7, 11) is 5.03. The average Bonchev–Trinajstić information content (AvgIpc) is 3.48. The molecule has 1 aliphatic heterocycles. The van der Waals surface area contributed by atoms with Crippen molar-refractivity contribution >= 4 is 22.8 Å². The van der Waals surface area contributed by atoms with Gasteiger partial charge < -0.3 is 14.8 Å². The highest BCUT2D eigenvalue weighted by molar-refractivity contribution is 5.95. The van der Waals surface area contributed by atoms with Gasteiger partial charge in [-0.1, -0.05) is 6.07 Å². The highest BCUT2D eigenvalue weighted by atomic mass is 16.5. The topological polar surface area (TPSA) is 125 Å². The molecule has 38 heavy (non-hydrogen) atoms. The zero-order chi connectivity index (χ0) is 27.0. The van der Waals surface area contributed by atoms with Crippen molar-refractivity contribution in [3.63, 3.8) is 0 Å². The maximum atomic E-state index is 5.78. The number of hydrogen-bond acceptors (Lipinski definition) is 10. The Hall–Kier alpha value is -4.25. The van der Waals surface area contributed by atoms with Gasteiger partial charge in [0, 0.05) is 37.6 Å². The smallest absolute Gasteiger partial charge is 0.208 e. The summed E-state index contributed by atoms with van der Waals surface area (Å²) in [4.78, 5) is 20.6. The van der Waals surface area contributed by atoms with Gasteiger partial charge in [-0.15, -0.1) is 10.2 Å². The van der Waals surface area contributed by atoms with Gasteiger partial charge in [0.25, 0.3) is 0 Å². The van der Waals surface area contributed by atoms with Crippen LogP contribution in [0.2, 0.25) is 0 Å². The molecule has 3 aromatic heterocycles. The number of fused-ring (bicyclic) bond motifs is 1. The minimum atomic E-state index is -0.512. The molecule has 196 valence electrons. The molecule has 0 aliphatic carbocycles. The molecule has 0 fully saturated rings. The maximum absolute atomic E-state index is 5.78. The van der Waals surface area contributed by atoms with Crippen molar-refractivity contribution in [2.75, 3.05) is 19.5 Å². The van der Waals surface area contributed by atoms with Crippen LogP contribution < -0.4 is 10.1 Å². The molecule has 0 saturated heterocycles. The molecule has 4 aromatic rings. The highest BCUT2D eigenvalue weighted by Gasteiger charge is 2.25. The van der Waals surface area contributed by atoms with Crippen molar-refractivity contribution in [2.45, 2.75) is 46.1 Å². The van der Waals surface area contributed by atoms with E-state index in [-0.39, 0.29) is 0 Å². The number of aliphatic imine (C=N–C) groups is 1. The van der Waals surface area contributed by atoms with Gasteiger partial charge in [0.1, 0.15) is 11.3 Å². The lowest BCUT2D eigenvalue weighted by Crippen LogP contribution is -2.23. The van der Waals surface area contributed by atoms with Gasteiger partial charge in [-0.2, -0.15) is 4.80 Å². The van der Waals surface area contributed by atoms with E-state index < -0.39 is 5.60 Å². The van der Waals surface area contributed by atoms with Crippen LogP contribution in [0.15, 0.2) is 35.5 Å². The standard InChI is InChI=1S/C27H31N9O2/c1-15-11-21-23(29-15)22(32-20-10-8-9-19(24(20)37-6)26-33-35-36(5)34-26)13-17(31-21)12-18-14-28-25(16(2)30-18)27(3,4)38-7/h8-10,13-14H,11-12H2,1-7H3,(H,31,32). The second kappa shape index (κ2) is 9.90. The molecule has 0 atom stereocenters. The van der Waals surface area contributed by atoms with Crippen LogP contribution in [0.25, 0.3) is 11.4 Å². The van der Waals surface area contributed by atoms with Crippen molar-refractivity contribution in [3.8, 4) is 17.1 Å². The quantitative estimate of drug-likeness (QED) is 0.368. The molecular weight excluding hydrogens is 482 g/mol. The fourth-order valence-corrected chi connectivity index (χ4v) is 4.61. The monoisotopic (exact) mass is 513 g/mol. The number of pyridine rings is 1. The number of anilines is 2. The number of nitrogens with one attached hydrogen (secondary N) is 1. The van der Waals surface area contributed by atoms with E-state index in [0.29, 0.717) is 24.4 Å². The van der Waals surface area contributed by atoms with E-state index >= 15 is 0 Å². The summed E-state index contributed by atoms with van der Waals surface area (Å²) in [6.45, 7) is 7.93.